The Morgan fingerprint density at radius 3 is 2.35 bits per heavy atom. The van der Waals surface area contributed by atoms with Crippen LogP contribution in [0, 0.1) is 0 Å². The molecule has 0 atom stereocenters. The molecule has 140 valence electrons. The number of rotatable bonds is 8. The first kappa shape index (κ1) is 20.3. The van der Waals surface area contributed by atoms with Crippen molar-refractivity contribution in [3.05, 3.63) is 47.0 Å². The molecule has 0 aliphatic carbocycles. The number of halogens is 1. The number of nitrogens with zero attached hydrogens (tertiary/aromatic N) is 1. The van der Waals surface area contributed by atoms with Crippen LogP contribution in [-0.2, 0) is 11.3 Å². The fourth-order valence-electron chi connectivity index (χ4n) is 2.44. The molecule has 0 N–H and O–H groups in total. The number of hydrogen-bond donors (Lipinski definition) is 0. The van der Waals surface area contributed by atoms with Gasteiger partial charge >= 0.3 is 0 Å². The molecule has 0 aliphatic heterocycles. The van der Waals surface area contributed by atoms with Crippen molar-refractivity contribution in [2.24, 2.45) is 0 Å². The van der Waals surface area contributed by atoms with Crippen molar-refractivity contribution in [2.45, 2.75) is 11.4 Å². The molecule has 0 unspecified atom stereocenters. The minimum Gasteiger partial charge on any atom is -0.493 e. The van der Waals surface area contributed by atoms with Crippen LogP contribution in [0.1, 0.15) is 5.56 Å². The van der Waals surface area contributed by atoms with E-state index in [-0.39, 0.29) is 5.91 Å². The Balaban J connectivity index is 2.08. The van der Waals surface area contributed by atoms with Gasteiger partial charge in [0.1, 0.15) is 0 Å². The Morgan fingerprint density at radius 2 is 1.73 bits per heavy atom. The zero-order valence-electron chi connectivity index (χ0n) is 15.2. The Hall–Kier alpha value is -2.05. The number of carbonyl (C=O) groups is 1. The Morgan fingerprint density at radius 1 is 1.04 bits per heavy atom. The molecule has 1 amide bonds. The molecule has 2 rings (SSSR count). The lowest BCUT2D eigenvalue weighted by Crippen LogP contribution is -2.28. The third-order valence-electron chi connectivity index (χ3n) is 3.81. The van der Waals surface area contributed by atoms with Gasteiger partial charge in [0.25, 0.3) is 0 Å². The van der Waals surface area contributed by atoms with Crippen LogP contribution in [-0.4, -0.2) is 44.9 Å². The minimum absolute atomic E-state index is 0.00763. The summed E-state index contributed by atoms with van der Waals surface area (Å²) in [5, 5.41) is 0.648. The molecule has 0 bridgehead atoms. The summed E-state index contributed by atoms with van der Waals surface area (Å²) in [6.45, 7) is 0.394. The number of amides is 1. The molecular formula is C19H22ClNO4S. The van der Waals surface area contributed by atoms with Gasteiger partial charge in [0.2, 0.25) is 11.7 Å². The number of ether oxygens (including phenoxy) is 3. The van der Waals surface area contributed by atoms with Crippen LogP contribution in [0.25, 0.3) is 0 Å². The van der Waals surface area contributed by atoms with Gasteiger partial charge in [0, 0.05) is 24.1 Å². The van der Waals surface area contributed by atoms with E-state index in [0.717, 1.165) is 10.5 Å². The van der Waals surface area contributed by atoms with Gasteiger partial charge in [0.15, 0.2) is 11.5 Å². The average molecular weight is 396 g/mol. The van der Waals surface area contributed by atoms with Gasteiger partial charge in [-0.15, -0.1) is 11.8 Å². The highest BCUT2D eigenvalue weighted by Gasteiger charge is 2.19. The molecule has 0 aliphatic rings. The van der Waals surface area contributed by atoms with E-state index in [4.69, 9.17) is 25.8 Å². The highest BCUT2D eigenvalue weighted by molar-refractivity contribution is 8.00. The van der Waals surface area contributed by atoms with Gasteiger partial charge in [0.05, 0.1) is 32.1 Å². The second-order valence-electron chi connectivity index (χ2n) is 5.46. The molecule has 0 aromatic heterocycles. The third-order valence-corrected chi connectivity index (χ3v) is 5.31. The predicted octanol–water partition coefficient (Wildman–Crippen LogP) is 4.12. The average Bonchev–Trinajstić information content (AvgIpc) is 2.66. The second-order valence-corrected chi connectivity index (χ2v) is 6.89. The van der Waals surface area contributed by atoms with E-state index in [9.17, 15) is 4.79 Å². The van der Waals surface area contributed by atoms with E-state index in [0.29, 0.717) is 34.6 Å². The molecule has 0 heterocycles. The van der Waals surface area contributed by atoms with E-state index < -0.39 is 0 Å². The first-order valence-electron chi connectivity index (χ1n) is 7.91. The highest BCUT2D eigenvalue weighted by Crippen LogP contribution is 2.40. The van der Waals surface area contributed by atoms with Crippen molar-refractivity contribution in [1.82, 2.24) is 4.90 Å². The molecular weight excluding hydrogens is 374 g/mol. The molecule has 2 aromatic carbocycles. The van der Waals surface area contributed by atoms with Crippen molar-refractivity contribution in [1.29, 1.82) is 0 Å². The standard InChI is InChI=1S/C19H22ClNO4S/c1-21(17(22)12-26-16-8-6-5-7-14(16)20)11-13-9-10-15(23-2)19(25-4)18(13)24-3/h5-10H,11-12H2,1-4H3. The number of benzene rings is 2. The molecule has 0 spiro atoms. The first-order chi connectivity index (χ1) is 12.5. The third kappa shape index (κ3) is 4.77. The molecule has 0 saturated carbocycles. The summed E-state index contributed by atoms with van der Waals surface area (Å²) in [6.07, 6.45) is 0. The summed E-state index contributed by atoms with van der Waals surface area (Å²) in [5.74, 6) is 1.95. The second kappa shape index (κ2) is 9.59. The van der Waals surface area contributed by atoms with Crippen molar-refractivity contribution < 1.29 is 19.0 Å². The van der Waals surface area contributed by atoms with Gasteiger partial charge in [-0.3, -0.25) is 4.79 Å². The molecule has 0 radical (unpaired) electrons. The predicted molar refractivity (Wildman–Crippen MR) is 105 cm³/mol. The van der Waals surface area contributed by atoms with Crippen LogP contribution in [0.3, 0.4) is 0 Å². The summed E-state index contributed by atoms with van der Waals surface area (Å²) in [6, 6.07) is 11.1. The van der Waals surface area contributed by atoms with Gasteiger partial charge in [-0.1, -0.05) is 23.7 Å². The maximum Gasteiger partial charge on any atom is 0.232 e. The summed E-state index contributed by atoms with van der Waals surface area (Å²) < 4.78 is 16.1. The Kier molecular flexibility index (Phi) is 7.48. The summed E-state index contributed by atoms with van der Waals surface area (Å²) >= 11 is 7.55. The van der Waals surface area contributed by atoms with E-state index in [1.54, 1.807) is 39.3 Å². The van der Waals surface area contributed by atoms with Gasteiger partial charge in [-0.05, 0) is 24.3 Å². The topological polar surface area (TPSA) is 48.0 Å². The van der Waals surface area contributed by atoms with Crippen LogP contribution in [0.2, 0.25) is 5.02 Å². The van der Waals surface area contributed by atoms with Crippen molar-refractivity contribution in [2.75, 3.05) is 34.1 Å². The van der Waals surface area contributed by atoms with Crippen molar-refractivity contribution in [3.63, 3.8) is 0 Å². The zero-order valence-corrected chi connectivity index (χ0v) is 16.8. The van der Waals surface area contributed by atoms with E-state index >= 15 is 0 Å². The maximum absolute atomic E-state index is 12.5. The number of methoxy groups -OCH3 is 3. The highest BCUT2D eigenvalue weighted by atomic mass is 35.5. The molecule has 26 heavy (non-hydrogen) atoms. The van der Waals surface area contributed by atoms with Crippen molar-refractivity contribution in [3.8, 4) is 17.2 Å². The van der Waals surface area contributed by atoms with Crippen LogP contribution < -0.4 is 14.2 Å². The molecule has 0 saturated heterocycles. The Bertz CT molecular complexity index is 769. The van der Waals surface area contributed by atoms with E-state index in [2.05, 4.69) is 0 Å². The summed E-state index contributed by atoms with van der Waals surface area (Å²) in [7, 11) is 6.44. The fourth-order valence-corrected chi connectivity index (χ4v) is 3.62. The quantitative estimate of drug-likeness (QED) is 0.629. The summed E-state index contributed by atoms with van der Waals surface area (Å²) in [4.78, 5) is 15.0. The molecule has 5 nitrogen and oxygen atoms in total. The normalized spacial score (nSPS) is 10.3. The smallest absolute Gasteiger partial charge is 0.232 e. The maximum atomic E-state index is 12.5. The molecule has 2 aromatic rings. The number of thioether (sulfide) groups is 1. The van der Waals surface area contributed by atoms with Crippen LogP contribution in [0.4, 0.5) is 0 Å². The minimum atomic E-state index is -0.00763. The lowest BCUT2D eigenvalue weighted by molar-refractivity contribution is -0.127. The monoisotopic (exact) mass is 395 g/mol. The molecule has 0 fully saturated rings. The van der Waals surface area contributed by atoms with Crippen LogP contribution in [0.15, 0.2) is 41.3 Å². The zero-order chi connectivity index (χ0) is 19.1. The van der Waals surface area contributed by atoms with E-state index in [1.165, 1.54) is 11.8 Å². The van der Waals surface area contributed by atoms with Crippen molar-refractivity contribution >= 4 is 29.3 Å². The van der Waals surface area contributed by atoms with E-state index in [1.807, 2.05) is 30.3 Å². The first-order valence-corrected chi connectivity index (χ1v) is 9.27. The lowest BCUT2D eigenvalue weighted by Gasteiger charge is -2.21. The lowest BCUT2D eigenvalue weighted by atomic mass is 10.1. The largest absolute Gasteiger partial charge is 0.493 e. The SMILES string of the molecule is COc1ccc(CN(C)C(=O)CSc2ccccc2Cl)c(OC)c1OC. The number of carbonyl (C=O) groups excluding carboxylic acids is 1. The van der Waals surface area contributed by atoms with Gasteiger partial charge in [-0.25, -0.2) is 0 Å². The Labute approximate surface area is 163 Å². The summed E-state index contributed by atoms with van der Waals surface area (Å²) in [5.41, 5.74) is 0.837. The molecule has 7 heteroatoms. The fraction of sp³-hybridized carbons (Fsp3) is 0.316. The van der Waals surface area contributed by atoms with Crippen LogP contribution >= 0.6 is 23.4 Å². The number of hydrogen-bond acceptors (Lipinski definition) is 5. The van der Waals surface area contributed by atoms with Crippen LogP contribution in [0.5, 0.6) is 17.2 Å². The van der Waals surface area contributed by atoms with Gasteiger partial charge < -0.3 is 19.1 Å². The van der Waals surface area contributed by atoms with Gasteiger partial charge in [-0.2, -0.15) is 0 Å².